The third-order valence-corrected chi connectivity index (χ3v) is 4.19. The molecule has 3 heterocycles. The van der Waals surface area contributed by atoms with Gasteiger partial charge in [-0.15, -0.1) is 0 Å². The molecular formula is C13H10FN3O3S. The summed E-state index contributed by atoms with van der Waals surface area (Å²) in [6, 6.07) is 3.92. The van der Waals surface area contributed by atoms with Crippen molar-refractivity contribution in [3.63, 3.8) is 0 Å². The summed E-state index contributed by atoms with van der Waals surface area (Å²) in [5, 5.41) is 10.9. The molecule has 4 rings (SSSR count). The van der Waals surface area contributed by atoms with Gasteiger partial charge in [0.1, 0.15) is 22.8 Å². The van der Waals surface area contributed by atoms with E-state index in [-0.39, 0.29) is 16.9 Å². The van der Waals surface area contributed by atoms with Crippen molar-refractivity contribution in [1.82, 2.24) is 9.66 Å². The van der Waals surface area contributed by atoms with Gasteiger partial charge in [-0.3, -0.25) is 5.43 Å². The highest BCUT2D eigenvalue weighted by Gasteiger charge is 2.24. The molecule has 108 valence electrons. The standard InChI is InChI=1S/C13H10FN3O3S/c1-19-13-16-17-5-8(15-12(17)21-13)11-4-7-9(18)2-6(14)3-10(7)20-11/h2-5,13,16,18H,1H3. The van der Waals surface area contributed by atoms with Gasteiger partial charge in [0.2, 0.25) is 0 Å². The second-order valence-electron chi connectivity index (χ2n) is 4.54. The minimum absolute atomic E-state index is 0.154. The summed E-state index contributed by atoms with van der Waals surface area (Å²) in [6.07, 6.45) is 1.76. The second kappa shape index (κ2) is 4.40. The third kappa shape index (κ3) is 1.95. The number of thioether (sulfide) groups is 1. The molecule has 0 spiro atoms. The topological polar surface area (TPSA) is 72.5 Å². The van der Waals surface area contributed by atoms with Crippen molar-refractivity contribution in [3.05, 3.63) is 30.2 Å². The second-order valence-corrected chi connectivity index (χ2v) is 5.57. The van der Waals surface area contributed by atoms with Gasteiger partial charge in [-0.05, 0) is 17.8 Å². The Morgan fingerprint density at radius 3 is 3.10 bits per heavy atom. The van der Waals surface area contributed by atoms with Gasteiger partial charge >= 0.3 is 0 Å². The molecular weight excluding hydrogens is 297 g/mol. The third-order valence-electron chi connectivity index (χ3n) is 3.18. The van der Waals surface area contributed by atoms with Crippen LogP contribution >= 0.6 is 11.8 Å². The normalized spacial score (nSPS) is 17.1. The van der Waals surface area contributed by atoms with E-state index in [1.165, 1.54) is 17.8 Å². The van der Waals surface area contributed by atoms with E-state index < -0.39 is 5.82 Å². The summed E-state index contributed by atoms with van der Waals surface area (Å²) in [4.78, 5) is 4.42. The van der Waals surface area contributed by atoms with Crippen molar-refractivity contribution >= 4 is 22.7 Å². The van der Waals surface area contributed by atoms with Crippen molar-refractivity contribution in [3.8, 4) is 17.2 Å². The Morgan fingerprint density at radius 1 is 1.48 bits per heavy atom. The smallest absolute Gasteiger partial charge is 0.196 e. The number of imidazole rings is 1. The maximum absolute atomic E-state index is 13.3. The zero-order valence-corrected chi connectivity index (χ0v) is 11.6. The Balaban J connectivity index is 1.76. The number of fused-ring (bicyclic) bond motifs is 2. The minimum atomic E-state index is -0.548. The molecule has 0 bridgehead atoms. The quantitative estimate of drug-likeness (QED) is 0.758. The molecule has 8 heteroatoms. The Labute approximate surface area is 122 Å². The highest BCUT2D eigenvalue weighted by atomic mass is 32.2. The number of furan rings is 1. The van der Waals surface area contributed by atoms with Crippen LogP contribution in [0, 0.1) is 5.82 Å². The van der Waals surface area contributed by atoms with E-state index in [1.54, 1.807) is 24.0 Å². The number of rotatable bonds is 2. The molecule has 21 heavy (non-hydrogen) atoms. The number of aromatic hydroxyl groups is 1. The van der Waals surface area contributed by atoms with E-state index in [9.17, 15) is 9.50 Å². The van der Waals surface area contributed by atoms with Gasteiger partial charge in [0.25, 0.3) is 0 Å². The van der Waals surface area contributed by atoms with Crippen LogP contribution in [0.2, 0.25) is 0 Å². The SMILES string of the molecule is COC1Nn2cc(-c3cc4c(O)cc(F)cc4o3)nc2S1. The molecule has 0 saturated heterocycles. The summed E-state index contributed by atoms with van der Waals surface area (Å²) >= 11 is 1.43. The average Bonchev–Trinajstić information content (AvgIpc) is 3.08. The fourth-order valence-corrected chi connectivity index (χ4v) is 3.03. The van der Waals surface area contributed by atoms with E-state index >= 15 is 0 Å². The average molecular weight is 307 g/mol. The Kier molecular flexibility index (Phi) is 2.63. The van der Waals surface area contributed by atoms with Crippen molar-refractivity contribution in [2.75, 3.05) is 12.5 Å². The van der Waals surface area contributed by atoms with Gasteiger partial charge in [0, 0.05) is 19.2 Å². The molecule has 1 unspecified atom stereocenters. The Bertz CT molecular complexity index is 821. The fraction of sp³-hybridized carbons (Fsp3) is 0.154. The van der Waals surface area contributed by atoms with E-state index in [1.807, 2.05) is 0 Å². The molecule has 1 aliphatic heterocycles. The lowest BCUT2D eigenvalue weighted by Gasteiger charge is -2.06. The summed E-state index contributed by atoms with van der Waals surface area (Å²) < 4.78 is 25.7. The Hall–Kier alpha value is -2.19. The van der Waals surface area contributed by atoms with Gasteiger partial charge in [0.05, 0.1) is 11.6 Å². The highest BCUT2D eigenvalue weighted by Crippen LogP contribution is 2.36. The molecule has 0 fully saturated rings. The molecule has 1 aliphatic rings. The predicted molar refractivity (Wildman–Crippen MR) is 75.1 cm³/mol. The molecule has 2 N–H and O–H groups in total. The molecule has 6 nitrogen and oxygen atoms in total. The van der Waals surface area contributed by atoms with Crippen molar-refractivity contribution in [1.29, 1.82) is 0 Å². The number of aromatic nitrogens is 2. The van der Waals surface area contributed by atoms with E-state index in [4.69, 9.17) is 9.15 Å². The van der Waals surface area contributed by atoms with Crippen LogP contribution in [-0.4, -0.2) is 27.4 Å². The number of halogens is 1. The molecule has 0 radical (unpaired) electrons. The van der Waals surface area contributed by atoms with E-state index in [0.717, 1.165) is 11.2 Å². The number of hydrogen-bond donors (Lipinski definition) is 2. The summed E-state index contributed by atoms with van der Waals surface area (Å²) in [6.45, 7) is 0. The summed E-state index contributed by atoms with van der Waals surface area (Å²) in [7, 11) is 1.61. The number of hydrogen-bond acceptors (Lipinski definition) is 6. The van der Waals surface area contributed by atoms with Gasteiger partial charge in [-0.2, -0.15) is 0 Å². The largest absolute Gasteiger partial charge is 0.507 e. The van der Waals surface area contributed by atoms with E-state index in [2.05, 4.69) is 10.4 Å². The van der Waals surface area contributed by atoms with Crippen LogP contribution in [0.15, 0.2) is 34.0 Å². The van der Waals surface area contributed by atoms with Crippen LogP contribution in [0.3, 0.4) is 0 Å². The lowest BCUT2D eigenvalue weighted by atomic mass is 10.2. The van der Waals surface area contributed by atoms with Gasteiger partial charge in [-0.25, -0.2) is 14.1 Å². The minimum Gasteiger partial charge on any atom is -0.507 e. The van der Waals surface area contributed by atoms with Crippen molar-refractivity contribution in [2.45, 2.75) is 10.7 Å². The fourth-order valence-electron chi connectivity index (χ4n) is 2.21. The highest BCUT2D eigenvalue weighted by molar-refractivity contribution is 7.99. The van der Waals surface area contributed by atoms with Gasteiger partial charge in [-0.1, -0.05) is 0 Å². The maximum Gasteiger partial charge on any atom is 0.196 e. The molecule has 0 amide bonds. The van der Waals surface area contributed by atoms with Crippen LogP contribution in [-0.2, 0) is 4.74 Å². The van der Waals surface area contributed by atoms with Crippen LogP contribution < -0.4 is 5.43 Å². The molecule has 0 saturated carbocycles. The molecule has 1 atom stereocenters. The number of ether oxygens (including phenoxy) is 1. The molecule has 3 aromatic rings. The first-order valence-corrected chi connectivity index (χ1v) is 7.00. The first-order chi connectivity index (χ1) is 10.1. The Morgan fingerprint density at radius 2 is 2.33 bits per heavy atom. The first-order valence-electron chi connectivity index (χ1n) is 6.12. The number of nitrogens with one attached hydrogen (secondary N) is 1. The maximum atomic E-state index is 13.3. The first kappa shape index (κ1) is 12.5. The molecule has 0 aliphatic carbocycles. The lowest BCUT2D eigenvalue weighted by Crippen LogP contribution is -2.19. The summed E-state index contributed by atoms with van der Waals surface area (Å²) in [5.74, 6) is -0.240. The van der Waals surface area contributed by atoms with Gasteiger partial charge in [0.15, 0.2) is 16.5 Å². The lowest BCUT2D eigenvalue weighted by molar-refractivity contribution is 0.187. The molecule has 2 aromatic heterocycles. The van der Waals surface area contributed by atoms with Gasteiger partial charge < -0.3 is 14.3 Å². The zero-order valence-electron chi connectivity index (χ0n) is 10.8. The van der Waals surface area contributed by atoms with E-state index in [0.29, 0.717) is 16.8 Å². The monoisotopic (exact) mass is 307 g/mol. The van der Waals surface area contributed by atoms with Crippen LogP contribution in [0.4, 0.5) is 4.39 Å². The number of phenols is 1. The number of methoxy groups -OCH3 is 1. The van der Waals surface area contributed by atoms with Crippen LogP contribution in [0.25, 0.3) is 22.4 Å². The number of phenolic OH excluding ortho intramolecular Hbond substituents is 1. The van der Waals surface area contributed by atoms with Crippen molar-refractivity contribution < 1.29 is 18.7 Å². The van der Waals surface area contributed by atoms with Crippen LogP contribution in [0.5, 0.6) is 5.75 Å². The zero-order chi connectivity index (χ0) is 14.6. The summed E-state index contributed by atoms with van der Waals surface area (Å²) in [5.41, 5.74) is 3.78. The van der Waals surface area contributed by atoms with Crippen molar-refractivity contribution in [2.24, 2.45) is 0 Å². The molecule has 1 aromatic carbocycles. The number of benzene rings is 1. The number of nitrogens with zero attached hydrogens (tertiary/aromatic N) is 2. The van der Waals surface area contributed by atoms with Crippen LogP contribution in [0.1, 0.15) is 0 Å². The predicted octanol–water partition coefficient (Wildman–Crippen LogP) is 2.72.